The third-order valence-electron chi connectivity index (χ3n) is 6.09. The summed E-state index contributed by atoms with van der Waals surface area (Å²) in [5, 5.41) is 0. The summed E-state index contributed by atoms with van der Waals surface area (Å²) in [6.07, 6.45) is 4.44. The van der Waals surface area contributed by atoms with E-state index in [2.05, 4.69) is 72.8 Å². The fourth-order valence-electron chi connectivity index (χ4n) is 4.79. The van der Waals surface area contributed by atoms with Crippen LogP contribution in [0.3, 0.4) is 0 Å². The van der Waals surface area contributed by atoms with E-state index in [0.717, 1.165) is 24.3 Å². The van der Waals surface area contributed by atoms with Crippen LogP contribution in [0.15, 0.2) is 66.7 Å². The summed E-state index contributed by atoms with van der Waals surface area (Å²) in [5.41, 5.74) is 8.25. The van der Waals surface area contributed by atoms with E-state index in [9.17, 15) is 0 Å². The van der Waals surface area contributed by atoms with E-state index in [1.807, 2.05) is 0 Å². The lowest BCUT2D eigenvalue weighted by molar-refractivity contribution is 0.414. The van der Waals surface area contributed by atoms with E-state index >= 15 is 0 Å². The van der Waals surface area contributed by atoms with Gasteiger partial charge in [0.15, 0.2) is 0 Å². The highest BCUT2D eigenvalue weighted by atomic mass is 16.5. The van der Waals surface area contributed by atoms with Crippen LogP contribution in [-0.4, -0.2) is 14.2 Å². The molecule has 2 heteroatoms. The van der Waals surface area contributed by atoms with Crippen molar-refractivity contribution in [3.8, 4) is 11.5 Å². The summed E-state index contributed by atoms with van der Waals surface area (Å²) in [5.74, 6) is 1.80. The van der Waals surface area contributed by atoms with Crippen molar-refractivity contribution in [1.29, 1.82) is 0 Å². The number of benzene rings is 3. The zero-order valence-corrected chi connectivity index (χ0v) is 15.7. The molecule has 0 atom stereocenters. The Morgan fingerprint density at radius 2 is 1.37 bits per heavy atom. The summed E-state index contributed by atoms with van der Waals surface area (Å²) < 4.78 is 10.8. The summed E-state index contributed by atoms with van der Waals surface area (Å²) in [6.45, 7) is 0. The number of methoxy groups -OCH3 is 2. The molecule has 0 N–H and O–H groups in total. The zero-order valence-electron chi connectivity index (χ0n) is 15.7. The highest BCUT2D eigenvalue weighted by Crippen LogP contribution is 2.54. The number of rotatable bonds is 3. The Bertz CT molecular complexity index is 1020. The molecule has 134 valence electrons. The molecule has 3 aromatic carbocycles. The van der Waals surface area contributed by atoms with Crippen molar-refractivity contribution in [2.75, 3.05) is 14.2 Å². The molecule has 0 amide bonds. The maximum absolute atomic E-state index is 5.48. The Morgan fingerprint density at radius 1 is 0.741 bits per heavy atom. The van der Waals surface area contributed by atoms with Gasteiger partial charge in [0.25, 0.3) is 0 Å². The average molecular weight is 354 g/mol. The second-order valence-electron chi connectivity index (χ2n) is 7.44. The van der Waals surface area contributed by atoms with Crippen molar-refractivity contribution in [2.24, 2.45) is 0 Å². The molecule has 0 radical (unpaired) electrons. The van der Waals surface area contributed by atoms with Gasteiger partial charge in [-0.1, -0.05) is 42.5 Å². The topological polar surface area (TPSA) is 18.5 Å². The first-order chi connectivity index (χ1) is 13.2. The molecular weight excluding hydrogens is 332 g/mol. The average Bonchev–Trinajstić information content (AvgIpc) is 3.26. The van der Waals surface area contributed by atoms with Gasteiger partial charge in [0.2, 0.25) is 0 Å². The van der Waals surface area contributed by atoms with Crippen molar-refractivity contribution in [1.82, 2.24) is 0 Å². The van der Waals surface area contributed by atoms with Gasteiger partial charge in [-0.05, 0) is 76.6 Å². The largest absolute Gasteiger partial charge is 0.497 e. The zero-order chi connectivity index (χ0) is 18.4. The lowest BCUT2D eigenvalue weighted by Gasteiger charge is -2.30. The van der Waals surface area contributed by atoms with Crippen LogP contribution < -0.4 is 9.47 Å². The molecule has 0 heterocycles. The lowest BCUT2D eigenvalue weighted by atomic mass is 9.72. The number of allylic oxidation sites excluding steroid dienone is 1. The molecule has 2 aliphatic rings. The monoisotopic (exact) mass is 354 g/mol. The molecule has 0 aromatic heterocycles. The minimum absolute atomic E-state index is 0.000119. The van der Waals surface area contributed by atoms with E-state index in [-0.39, 0.29) is 5.41 Å². The van der Waals surface area contributed by atoms with Crippen molar-refractivity contribution in [2.45, 2.75) is 18.3 Å². The molecule has 0 fully saturated rings. The van der Waals surface area contributed by atoms with Crippen LogP contribution in [0.5, 0.6) is 11.5 Å². The van der Waals surface area contributed by atoms with E-state index in [4.69, 9.17) is 9.47 Å². The first kappa shape index (κ1) is 16.2. The second-order valence-corrected chi connectivity index (χ2v) is 7.44. The van der Waals surface area contributed by atoms with Gasteiger partial charge >= 0.3 is 0 Å². The minimum atomic E-state index is -0.000119. The van der Waals surface area contributed by atoms with Crippen molar-refractivity contribution in [3.63, 3.8) is 0 Å². The van der Waals surface area contributed by atoms with Crippen LogP contribution in [0, 0.1) is 0 Å². The van der Waals surface area contributed by atoms with Gasteiger partial charge in [0, 0.05) is 5.41 Å². The van der Waals surface area contributed by atoms with Gasteiger partial charge in [-0.15, -0.1) is 0 Å². The van der Waals surface area contributed by atoms with Crippen LogP contribution in [0.1, 0.15) is 27.8 Å². The first-order valence-electron chi connectivity index (χ1n) is 9.35. The van der Waals surface area contributed by atoms with Crippen LogP contribution in [0.2, 0.25) is 0 Å². The van der Waals surface area contributed by atoms with E-state index in [1.54, 1.807) is 14.2 Å². The molecule has 2 nitrogen and oxygen atoms in total. The van der Waals surface area contributed by atoms with Crippen LogP contribution in [0.25, 0.3) is 11.6 Å². The Labute approximate surface area is 160 Å². The fourth-order valence-corrected chi connectivity index (χ4v) is 4.79. The molecule has 0 saturated carbocycles. The Morgan fingerprint density at radius 3 is 2.00 bits per heavy atom. The molecule has 0 bridgehead atoms. The SMILES string of the molecule is COc1ccc(C2=Cc3cc(OC)ccc3C23Cc2ccccc2C3)cc1. The van der Waals surface area contributed by atoms with Crippen LogP contribution in [-0.2, 0) is 18.3 Å². The van der Waals surface area contributed by atoms with E-state index in [1.165, 1.54) is 33.4 Å². The van der Waals surface area contributed by atoms with Gasteiger partial charge in [-0.3, -0.25) is 0 Å². The molecule has 0 aliphatic heterocycles. The Hall–Kier alpha value is -3.00. The van der Waals surface area contributed by atoms with Gasteiger partial charge in [-0.2, -0.15) is 0 Å². The number of fused-ring (bicyclic) bond motifs is 3. The maximum Gasteiger partial charge on any atom is 0.119 e. The van der Waals surface area contributed by atoms with Crippen LogP contribution in [0.4, 0.5) is 0 Å². The molecular formula is C25H22O2. The second kappa shape index (κ2) is 6.02. The third kappa shape index (κ3) is 2.40. The van der Waals surface area contributed by atoms with Crippen molar-refractivity contribution < 1.29 is 9.47 Å². The lowest BCUT2D eigenvalue weighted by Crippen LogP contribution is -2.26. The normalized spacial score (nSPS) is 16.0. The molecule has 0 unspecified atom stereocenters. The van der Waals surface area contributed by atoms with Crippen LogP contribution >= 0.6 is 0 Å². The standard InChI is InChI=1S/C25H22O2/c1-26-21-9-7-17(8-10-21)24-14-20-13-22(27-2)11-12-23(20)25(24)15-18-5-3-4-6-19(18)16-25/h3-14H,15-16H2,1-2H3. The highest BCUT2D eigenvalue weighted by molar-refractivity contribution is 5.95. The van der Waals surface area contributed by atoms with E-state index in [0.29, 0.717) is 0 Å². The summed E-state index contributed by atoms with van der Waals surface area (Å²) in [7, 11) is 3.44. The summed E-state index contributed by atoms with van der Waals surface area (Å²) in [6, 6.07) is 23.8. The number of ether oxygens (including phenoxy) is 2. The predicted molar refractivity (Wildman–Crippen MR) is 109 cm³/mol. The third-order valence-corrected chi connectivity index (χ3v) is 6.09. The molecule has 2 aliphatic carbocycles. The van der Waals surface area contributed by atoms with Crippen molar-refractivity contribution >= 4 is 11.6 Å². The van der Waals surface area contributed by atoms with Gasteiger partial charge in [0.1, 0.15) is 11.5 Å². The quantitative estimate of drug-likeness (QED) is 0.636. The van der Waals surface area contributed by atoms with Crippen molar-refractivity contribution in [3.05, 3.63) is 94.5 Å². The maximum atomic E-state index is 5.48. The van der Waals surface area contributed by atoms with Gasteiger partial charge in [-0.25, -0.2) is 0 Å². The van der Waals surface area contributed by atoms with E-state index < -0.39 is 0 Å². The fraction of sp³-hybridized carbons (Fsp3) is 0.200. The Balaban J connectivity index is 1.68. The summed E-state index contributed by atoms with van der Waals surface area (Å²) >= 11 is 0. The number of hydrogen-bond acceptors (Lipinski definition) is 2. The molecule has 0 saturated heterocycles. The van der Waals surface area contributed by atoms with Gasteiger partial charge < -0.3 is 9.47 Å². The first-order valence-corrected chi connectivity index (χ1v) is 9.35. The molecule has 5 rings (SSSR count). The van der Waals surface area contributed by atoms with Gasteiger partial charge in [0.05, 0.1) is 14.2 Å². The molecule has 1 spiro atoms. The molecule has 3 aromatic rings. The smallest absolute Gasteiger partial charge is 0.119 e. The highest BCUT2D eigenvalue weighted by Gasteiger charge is 2.46. The predicted octanol–water partition coefficient (Wildman–Crippen LogP) is 5.29. The molecule has 27 heavy (non-hydrogen) atoms. The summed E-state index contributed by atoms with van der Waals surface area (Å²) in [4.78, 5) is 0. The number of hydrogen-bond donors (Lipinski definition) is 0. The Kier molecular flexibility index (Phi) is 3.61. The minimum Gasteiger partial charge on any atom is -0.497 e.